The number of nitrogens with one attached hydrogen (secondary N) is 2. The van der Waals surface area contributed by atoms with Crippen LogP contribution in [-0.2, 0) is 19.6 Å². The van der Waals surface area contributed by atoms with E-state index in [2.05, 4.69) is 10.0 Å². The van der Waals surface area contributed by atoms with Crippen LogP contribution < -0.4 is 10.0 Å². The Morgan fingerprint density at radius 2 is 1.35 bits per heavy atom. The molecule has 0 atom stereocenters. The summed E-state index contributed by atoms with van der Waals surface area (Å²) in [6.07, 6.45) is 1.15. The molecule has 3 N–H and O–H groups in total. The predicted molar refractivity (Wildman–Crippen MR) is 91.5 cm³/mol. The first-order valence-corrected chi connectivity index (χ1v) is 9.22. The van der Waals surface area contributed by atoms with Gasteiger partial charge in [0.1, 0.15) is 0 Å². The Bertz CT molecular complexity index is 434. The van der Waals surface area contributed by atoms with E-state index in [1.165, 1.54) is 13.8 Å². The van der Waals surface area contributed by atoms with Gasteiger partial charge in [-0.05, 0) is 41.5 Å². The van der Waals surface area contributed by atoms with Gasteiger partial charge in [0.2, 0.25) is 21.8 Å². The number of hydrogen-bond acceptors (Lipinski definition) is 5. The van der Waals surface area contributed by atoms with Gasteiger partial charge in [-0.1, -0.05) is 0 Å². The number of amides is 2. The van der Waals surface area contributed by atoms with E-state index in [0.29, 0.717) is 5.06 Å². The summed E-state index contributed by atoms with van der Waals surface area (Å²) < 4.78 is 23.0. The largest absolute Gasteiger partial charge is 0.354 e. The van der Waals surface area contributed by atoms with Crippen molar-refractivity contribution in [2.24, 2.45) is 0 Å². The van der Waals surface area contributed by atoms with E-state index in [1.807, 2.05) is 13.8 Å². The lowest BCUT2D eigenvalue weighted by molar-refractivity contribution is -0.170. The lowest BCUT2D eigenvalue weighted by Crippen LogP contribution is -2.31. The van der Waals surface area contributed by atoms with Crippen LogP contribution in [0, 0.1) is 0 Å². The number of hydroxylamine groups is 2. The molecule has 0 bridgehead atoms. The lowest BCUT2D eigenvalue weighted by atomic mass is 10.4. The molecule has 0 fully saturated rings. The van der Waals surface area contributed by atoms with Gasteiger partial charge in [0, 0.05) is 25.9 Å². The molecule has 9 heteroatoms. The van der Waals surface area contributed by atoms with Crippen molar-refractivity contribution in [3.63, 3.8) is 0 Å². The van der Waals surface area contributed by atoms with Crippen molar-refractivity contribution in [1.82, 2.24) is 15.1 Å². The van der Waals surface area contributed by atoms with E-state index in [4.69, 9.17) is 5.21 Å². The standard InChI is InChI=1S/C5H11NO2.C5H11NO.C4H11NO2S/c1-4(2)6(8)5(3)7;1-4(2)6-5(3)7;1-4(2)5-8(3,6)7/h4,8H,1-3H3;4H,1-3H3,(H,6,7);4-5H,1-3H3. The van der Waals surface area contributed by atoms with Gasteiger partial charge < -0.3 is 5.32 Å². The van der Waals surface area contributed by atoms with Gasteiger partial charge in [0.25, 0.3) is 0 Å². The molecule has 0 aromatic rings. The fraction of sp³-hybridized carbons (Fsp3) is 0.857. The topological polar surface area (TPSA) is 116 Å². The molecule has 0 aliphatic heterocycles. The molecule has 0 heterocycles. The van der Waals surface area contributed by atoms with Crippen LogP contribution in [0.5, 0.6) is 0 Å². The van der Waals surface area contributed by atoms with E-state index in [0.717, 1.165) is 6.26 Å². The Hall–Kier alpha value is -1.19. The highest BCUT2D eigenvalue weighted by Crippen LogP contribution is 1.91. The molecule has 0 saturated heterocycles. The average Bonchev–Trinajstić information content (AvgIpc) is 2.23. The number of carbonyl (C=O) groups is 2. The Kier molecular flexibility index (Phi) is 15.4. The van der Waals surface area contributed by atoms with E-state index in [-0.39, 0.29) is 29.9 Å². The molecule has 0 unspecified atom stereocenters. The summed E-state index contributed by atoms with van der Waals surface area (Å²) in [5.41, 5.74) is 0. The molecule has 8 nitrogen and oxygen atoms in total. The van der Waals surface area contributed by atoms with Crippen molar-refractivity contribution in [1.29, 1.82) is 0 Å². The number of carbonyl (C=O) groups excluding carboxylic acids is 2. The zero-order chi connectivity index (χ0) is 19.4. The van der Waals surface area contributed by atoms with Crippen LogP contribution in [0.4, 0.5) is 0 Å². The van der Waals surface area contributed by atoms with Gasteiger partial charge in [-0.15, -0.1) is 0 Å². The molecule has 0 aliphatic rings. The minimum Gasteiger partial charge on any atom is -0.354 e. The molecule has 0 aromatic carbocycles. The van der Waals surface area contributed by atoms with Gasteiger partial charge in [0.15, 0.2) is 0 Å². The van der Waals surface area contributed by atoms with Crippen molar-refractivity contribution in [2.75, 3.05) is 6.26 Å². The van der Waals surface area contributed by atoms with Gasteiger partial charge in [-0.3, -0.25) is 14.8 Å². The fourth-order valence-corrected chi connectivity index (χ4v) is 2.05. The highest BCUT2D eigenvalue weighted by atomic mass is 32.2. The molecule has 0 spiro atoms. The molecule has 23 heavy (non-hydrogen) atoms. The average molecular weight is 356 g/mol. The summed E-state index contributed by atoms with van der Waals surface area (Å²) in [5, 5.41) is 12.0. The second-order valence-corrected chi connectivity index (χ2v) is 7.64. The minimum atomic E-state index is -2.97. The Labute approximate surface area is 140 Å². The van der Waals surface area contributed by atoms with Crippen LogP contribution in [0.25, 0.3) is 0 Å². The molecule has 0 aromatic heterocycles. The summed E-state index contributed by atoms with van der Waals surface area (Å²) in [5.74, 6) is -0.282. The highest BCUT2D eigenvalue weighted by Gasteiger charge is 2.06. The SMILES string of the molecule is CC(=O)N(O)C(C)C.CC(=O)NC(C)C.CC(C)NS(C)(=O)=O. The second-order valence-electron chi connectivity index (χ2n) is 5.86. The smallest absolute Gasteiger partial charge is 0.243 e. The molecule has 2 amide bonds. The van der Waals surface area contributed by atoms with E-state index >= 15 is 0 Å². The van der Waals surface area contributed by atoms with Crippen LogP contribution >= 0.6 is 0 Å². The first-order chi connectivity index (χ1) is 10.1. The molecule has 140 valence electrons. The van der Waals surface area contributed by atoms with Crippen LogP contribution in [-0.4, -0.2) is 54.9 Å². The normalized spacial score (nSPS) is 10.5. The van der Waals surface area contributed by atoms with Crippen molar-refractivity contribution in [3.05, 3.63) is 0 Å². The van der Waals surface area contributed by atoms with Crippen LogP contribution in [0.2, 0.25) is 0 Å². The van der Waals surface area contributed by atoms with Crippen molar-refractivity contribution in [2.45, 2.75) is 73.5 Å². The van der Waals surface area contributed by atoms with E-state index in [9.17, 15) is 18.0 Å². The Morgan fingerprint density at radius 3 is 1.35 bits per heavy atom. The third-order valence-corrected chi connectivity index (χ3v) is 2.65. The quantitative estimate of drug-likeness (QED) is 0.516. The molecule has 0 radical (unpaired) electrons. The molecule has 0 aliphatic carbocycles. The maximum atomic E-state index is 10.3. The predicted octanol–water partition coefficient (Wildman–Crippen LogP) is 1.11. The molecular formula is C14H33N3O5S. The van der Waals surface area contributed by atoms with Gasteiger partial charge in [0.05, 0.1) is 12.3 Å². The van der Waals surface area contributed by atoms with Crippen LogP contribution in [0.3, 0.4) is 0 Å². The number of nitrogens with zero attached hydrogens (tertiary/aromatic N) is 1. The zero-order valence-electron chi connectivity index (χ0n) is 15.7. The lowest BCUT2D eigenvalue weighted by Gasteiger charge is -2.15. The maximum absolute atomic E-state index is 10.3. The highest BCUT2D eigenvalue weighted by molar-refractivity contribution is 7.88. The summed E-state index contributed by atoms with van der Waals surface area (Å²) in [7, 11) is -2.97. The first-order valence-electron chi connectivity index (χ1n) is 7.33. The van der Waals surface area contributed by atoms with Crippen molar-refractivity contribution < 1.29 is 23.2 Å². The minimum absolute atomic E-state index is 0.00463. The zero-order valence-corrected chi connectivity index (χ0v) is 16.5. The Morgan fingerprint density at radius 1 is 0.957 bits per heavy atom. The first kappa shape index (κ1) is 26.7. The molecule has 0 rings (SSSR count). The number of rotatable bonds is 4. The van der Waals surface area contributed by atoms with Crippen LogP contribution in [0.15, 0.2) is 0 Å². The number of sulfonamides is 1. The molecular weight excluding hydrogens is 322 g/mol. The third kappa shape index (κ3) is 29.5. The number of hydrogen-bond donors (Lipinski definition) is 3. The maximum Gasteiger partial charge on any atom is 0.243 e. The second kappa shape index (κ2) is 13.3. The van der Waals surface area contributed by atoms with Gasteiger partial charge in [-0.25, -0.2) is 18.2 Å². The van der Waals surface area contributed by atoms with Crippen LogP contribution in [0.1, 0.15) is 55.4 Å². The van der Waals surface area contributed by atoms with Crippen molar-refractivity contribution >= 4 is 21.8 Å². The summed E-state index contributed by atoms with van der Waals surface area (Å²) in [6, 6.07) is 0.162. The van der Waals surface area contributed by atoms with Crippen molar-refractivity contribution in [3.8, 4) is 0 Å². The third-order valence-electron chi connectivity index (χ3n) is 1.75. The van der Waals surface area contributed by atoms with Gasteiger partial charge >= 0.3 is 0 Å². The molecule has 0 saturated carbocycles. The van der Waals surface area contributed by atoms with Gasteiger partial charge in [-0.2, -0.15) is 0 Å². The monoisotopic (exact) mass is 355 g/mol. The Balaban J connectivity index is -0.000000262. The summed E-state index contributed by atoms with van der Waals surface area (Å²) in [6.45, 7) is 13.7. The van der Waals surface area contributed by atoms with E-state index in [1.54, 1.807) is 27.7 Å². The fourth-order valence-electron chi connectivity index (χ4n) is 1.20. The summed E-state index contributed by atoms with van der Waals surface area (Å²) in [4.78, 5) is 20.4. The van der Waals surface area contributed by atoms with E-state index < -0.39 is 10.0 Å². The summed E-state index contributed by atoms with van der Waals surface area (Å²) >= 11 is 0.